The van der Waals surface area contributed by atoms with Crippen LogP contribution in [0.1, 0.15) is 23.8 Å². The summed E-state index contributed by atoms with van der Waals surface area (Å²) in [6, 6.07) is 6.62. The summed E-state index contributed by atoms with van der Waals surface area (Å²) in [4.78, 5) is 15.5. The number of rotatable bonds is 7. The lowest BCUT2D eigenvalue weighted by Crippen LogP contribution is -2.44. The number of thiophene rings is 1. The van der Waals surface area contributed by atoms with Crippen molar-refractivity contribution >= 4 is 27.3 Å². The summed E-state index contributed by atoms with van der Waals surface area (Å²) in [6.07, 6.45) is 0.751. The number of hydrogen-bond acceptors (Lipinski definition) is 5. The lowest BCUT2D eigenvalue weighted by Gasteiger charge is -2.31. The Morgan fingerprint density at radius 1 is 1.23 bits per heavy atom. The maximum absolute atomic E-state index is 13.4. The van der Waals surface area contributed by atoms with Gasteiger partial charge in [-0.3, -0.25) is 4.79 Å². The zero-order valence-corrected chi connectivity index (χ0v) is 18.5. The van der Waals surface area contributed by atoms with Crippen LogP contribution in [0.2, 0.25) is 0 Å². The Morgan fingerprint density at radius 3 is 2.50 bits per heavy atom. The first-order valence-corrected chi connectivity index (χ1v) is 11.9. The Morgan fingerprint density at radius 2 is 1.93 bits per heavy atom. The Bertz CT molecular complexity index is 973. The van der Waals surface area contributed by atoms with Crippen LogP contribution in [-0.2, 0) is 14.8 Å². The minimum Gasteiger partial charge on any atom is -0.354 e. The molecule has 0 unspecified atom stereocenters. The lowest BCUT2D eigenvalue weighted by atomic mass is 9.97. The molecule has 0 radical (unpaired) electrons. The number of hydrogen-bond donors (Lipinski definition) is 1. The molecule has 164 valence electrons. The van der Waals surface area contributed by atoms with Crippen LogP contribution in [0.5, 0.6) is 0 Å². The monoisotopic (exact) mass is 457 g/mol. The van der Waals surface area contributed by atoms with Gasteiger partial charge in [0.1, 0.15) is 0 Å². The highest BCUT2D eigenvalue weighted by atomic mass is 32.2. The molecule has 0 bridgehead atoms. The van der Waals surface area contributed by atoms with Crippen molar-refractivity contribution in [3.8, 4) is 0 Å². The molecule has 1 N–H and O–H groups in total. The van der Waals surface area contributed by atoms with Crippen molar-refractivity contribution in [2.75, 3.05) is 33.7 Å². The molecule has 1 aromatic heterocycles. The number of piperidine rings is 1. The van der Waals surface area contributed by atoms with E-state index in [2.05, 4.69) is 5.32 Å². The molecule has 30 heavy (non-hydrogen) atoms. The molecule has 2 heterocycles. The molecule has 0 spiro atoms. The van der Waals surface area contributed by atoms with E-state index in [0.29, 0.717) is 25.5 Å². The van der Waals surface area contributed by atoms with Crippen LogP contribution in [0.15, 0.2) is 40.6 Å². The largest absolute Gasteiger partial charge is 0.354 e. The van der Waals surface area contributed by atoms with Crippen molar-refractivity contribution in [2.45, 2.75) is 23.8 Å². The number of benzene rings is 1. The van der Waals surface area contributed by atoms with Crippen LogP contribution in [0.3, 0.4) is 0 Å². The van der Waals surface area contributed by atoms with E-state index in [1.165, 1.54) is 4.31 Å². The van der Waals surface area contributed by atoms with Gasteiger partial charge in [-0.1, -0.05) is 6.07 Å². The minimum atomic E-state index is -3.93. The van der Waals surface area contributed by atoms with Crippen molar-refractivity contribution in [1.82, 2.24) is 14.5 Å². The normalized spacial score (nSPS) is 17.2. The third-order valence-corrected chi connectivity index (χ3v) is 8.19. The van der Waals surface area contributed by atoms with E-state index in [0.717, 1.165) is 17.0 Å². The number of sulfonamides is 1. The maximum atomic E-state index is 13.4. The van der Waals surface area contributed by atoms with Crippen LogP contribution >= 0.6 is 11.3 Å². The van der Waals surface area contributed by atoms with Gasteiger partial charge in [-0.25, -0.2) is 17.2 Å². The summed E-state index contributed by atoms with van der Waals surface area (Å²) in [5, 5.41) is 4.98. The van der Waals surface area contributed by atoms with Gasteiger partial charge in [0.15, 0.2) is 11.6 Å². The van der Waals surface area contributed by atoms with Gasteiger partial charge in [0.2, 0.25) is 15.9 Å². The third-order valence-electron chi connectivity index (χ3n) is 5.32. The fraction of sp³-hybridized carbons (Fsp3) is 0.450. The number of halogens is 2. The third kappa shape index (κ3) is 5.05. The number of carbonyl (C=O) groups excluding carboxylic acids is 1. The van der Waals surface area contributed by atoms with E-state index in [9.17, 15) is 22.0 Å². The number of likely N-dealkylation sites (N-methyl/N-ethyl adjacent to an activating group) is 1. The number of amides is 1. The zero-order chi connectivity index (χ0) is 21.9. The number of nitrogens with zero attached hydrogens (tertiary/aromatic N) is 2. The molecule has 0 saturated carbocycles. The van der Waals surface area contributed by atoms with Crippen LogP contribution < -0.4 is 5.32 Å². The predicted molar refractivity (Wildman–Crippen MR) is 112 cm³/mol. The predicted octanol–water partition coefficient (Wildman–Crippen LogP) is 2.85. The zero-order valence-electron chi connectivity index (χ0n) is 16.8. The summed E-state index contributed by atoms with van der Waals surface area (Å²) in [6.45, 7) is 0.780. The van der Waals surface area contributed by atoms with Gasteiger partial charge in [0.25, 0.3) is 0 Å². The molecule has 1 atom stereocenters. The molecule has 1 aliphatic rings. The fourth-order valence-electron chi connectivity index (χ4n) is 3.50. The molecule has 3 rings (SSSR count). The smallest absolute Gasteiger partial charge is 0.243 e. The molecule has 2 aromatic rings. The van der Waals surface area contributed by atoms with Gasteiger partial charge in [0.05, 0.1) is 10.9 Å². The van der Waals surface area contributed by atoms with Crippen molar-refractivity contribution in [1.29, 1.82) is 0 Å². The summed E-state index contributed by atoms with van der Waals surface area (Å²) in [7, 11) is -0.0143. The van der Waals surface area contributed by atoms with Gasteiger partial charge in [-0.2, -0.15) is 4.31 Å². The van der Waals surface area contributed by atoms with Gasteiger partial charge in [-0.05, 0) is 56.6 Å². The second kappa shape index (κ2) is 9.51. The van der Waals surface area contributed by atoms with Crippen LogP contribution in [-0.4, -0.2) is 57.3 Å². The Balaban J connectivity index is 1.57. The van der Waals surface area contributed by atoms with Crippen LogP contribution in [0, 0.1) is 17.6 Å². The molecular formula is C20H25F2N3O3S2. The van der Waals surface area contributed by atoms with Crippen LogP contribution in [0.25, 0.3) is 0 Å². The molecule has 1 amide bonds. The highest BCUT2D eigenvalue weighted by Crippen LogP contribution is 2.26. The van der Waals surface area contributed by atoms with E-state index < -0.39 is 21.7 Å². The first-order chi connectivity index (χ1) is 14.2. The van der Waals surface area contributed by atoms with E-state index >= 15 is 0 Å². The quantitative estimate of drug-likeness (QED) is 0.694. The van der Waals surface area contributed by atoms with Gasteiger partial charge < -0.3 is 10.2 Å². The van der Waals surface area contributed by atoms with E-state index in [4.69, 9.17) is 0 Å². The van der Waals surface area contributed by atoms with Gasteiger partial charge in [-0.15, -0.1) is 11.3 Å². The van der Waals surface area contributed by atoms with Crippen molar-refractivity contribution in [3.63, 3.8) is 0 Å². The second-order valence-electron chi connectivity index (χ2n) is 7.49. The topological polar surface area (TPSA) is 69.7 Å². The average Bonchev–Trinajstić information content (AvgIpc) is 3.24. The van der Waals surface area contributed by atoms with E-state index in [-0.39, 0.29) is 35.9 Å². The standard InChI is InChI=1S/C20H25F2N3O3S2/c1-24(2)18(19-4-3-11-29-19)13-23-20(26)14-7-9-25(10-8-14)30(27,28)15-5-6-16(21)17(22)12-15/h3-6,11-12,14,18H,7-10,13H2,1-2H3,(H,23,26)/t18-/m1/s1. The van der Waals surface area contributed by atoms with Gasteiger partial charge in [0, 0.05) is 30.4 Å². The van der Waals surface area contributed by atoms with E-state index in [1.54, 1.807) is 11.3 Å². The van der Waals surface area contributed by atoms with Crippen molar-refractivity contribution in [3.05, 3.63) is 52.2 Å². The van der Waals surface area contributed by atoms with E-state index in [1.807, 2.05) is 36.5 Å². The average molecular weight is 458 g/mol. The Labute approximate surface area is 179 Å². The molecule has 1 aliphatic heterocycles. The molecule has 1 aromatic carbocycles. The molecule has 1 saturated heterocycles. The first kappa shape index (κ1) is 22.8. The molecule has 6 nitrogen and oxygen atoms in total. The highest BCUT2D eigenvalue weighted by molar-refractivity contribution is 7.89. The summed E-state index contributed by atoms with van der Waals surface area (Å²) in [5.41, 5.74) is 0. The number of carbonyl (C=O) groups is 1. The molecule has 10 heteroatoms. The van der Waals surface area contributed by atoms with Crippen LogP contribution in [0.4, 0.5) is 8.78 Å². The summed E-state index contributed by atoms with van der Waals surface area (Å²) >= 11 is 1.63. The van der Waals surface area contributed by atoms with Crippen molar-refractivity contribution in [2.24, 2.45) is 5.92 Å². The summed E-state index contributed by atoms with van der Waals surface area (Å²) < 4.78 is 53.1. The Hall–Kier alpha value is -1.88. The van der Waals surface area contributed by atoms with Gasteiger partial charge >= 0.3 is 0 Å². The fourth-order valence-corrected chi connectivity index (χ4v) is 5.91. The van der Waals surface area contributed by atoms with Crippen molar-refractivity contribution < 1.29 is 22.0 Å². The second-order valence-corrected chi connectivity index (χ2v) is 10.4. The maximum Gasteiger partial charge on any atom is 0.243 e. The molecular weight excluding hydrogens is 432 g/mol. The SMILES string of the molecule is CN(C)[C@H](CNC(=O)C1CCN(S(=O)(=O)c2ccc(F)c(F)c2)CC1)c1cccs1. The lowest BCUT2D eigenvalue weighted by molar-refractivity contribution is -0.126. The Kier molecular flexibility index (Phi) is 7.22. The molecule has 0 aliphatic carbocycles. The highest BCUT2D eigenvalue weighted by Gasteiger charge is 2.32. The number of nitrogens with one attached hydrogen (secondary N) is 1. The molecule has 1 fully saturated rings. The minimum absolute atomic E-state index is 0.0720. The first-order valence-electron chi connectivity index (χ1n) is 9.63. The summed E-state index contributed by atoms with van der Waals surface area (Å²) in [5.74, 6) is -2.68.